The zero-order valence-electron chi connectivity index (χ0n) is 17.4. The Hall–Kier alpha value is -2.04. The van der Waals surface area contributed by atoms with Gasteiger partial charge in [-0.15, -0.1) is 11.3 Å². The highest BCUT2D eigenvalue weighted by Crippen LogP contribution is 2.39. The second kappa shape index (κ2) is 9.84. The van der Waals surface area contributed by atoms with E-state index >= 15 is 0 Å². The summed E-state index contributed by atoms with van der Waals surface area (Å²) in [5.74, 6) is 0.304. The van der Waals surface area contributed by atoms with Crippen LogP contribution in [0.5, 0.6) is 0 Å². The van der Waals surface area contributed by atoms with Crippen molar-refractivity contribution < 1.29 is 17.9 Å². The summed E-state index contributed by atoms with van der Waals surface area (Å²) in [6, 6.07) is 1.83. The number of sulfonamides is 1. The van der Waals surface area contributed by atoms with Gasteiger partial charge < -0.3 is 10.1 Å². The standard InChI is InChI=1S/C20H28N4O4S2/c1-4-23-30(26,27)18-12-21-10-9-16(18)17-11-22-19(29-17)14-5-7-15(8-6-14)24-20(25)28-13(2)3/h9-15,23H,4-8H2,1-3H3,(H,24,25). The van der Waals surface area contributed by atoms with Crippen LogP contribution in [0.3, 0.4) is 0 Å². The van der Waals surface area contributed by atoms with Crippen LogP contribution in [0.4, 0.5) is 4.79 Å². The molecule has 0 spiro atoms. The van der Waals surface area contributed by atoms with E-state index in [0.29, 0.717) is 18.0 Å². The van der Waals surface area contributed by atoms with Gasteiger partial charge in [0.2, 0.25) is 10.0 Å². The van der Waals surface area contributed by atoms with Gasteiger partial charge in [0.05, 0.1) is 16.0 Å². The number of pyridine rings is 1. The van der Waals surface area contributed by atoms with Crippen molar-refractivity contribution in [2.24, 2.45) is 0 Å². The van der Waals surface area contributed by atoms with Gasteiger partial charge in [-0.3, -0.25) is 4.98 Å². The Bertz CT molecular complexity index is 967. The number of ether oxygens (including phenoxy) is 1. The molecule has 0 bridgehead atoms. The average Bonchev–Trinajstić information content (AvgIpc) is 3.18. The van der Waals surface area contributed by atoms with Gasteiger partial charge in [-0.25, -0.2) is 22.9 Å². The van der Waals surface area contributed by atoms with Crippen molar-refractivity contribution in [1.82, 2.24) is 20.0 Å². The number of carbonyl (C=O) groups is 1. The number of carbonyl (C=O) groups excluding carboxylic acids is 1. The summed E-state index contributed by atoms with van der Waals surface area (Å²) in [5, 5.41) is 3.93. The summed E-state index contributed by atoms with van der Waals surface area (Å²) in [6.07, 6.45) is 7.76. The Labute approximate surface area is 181 Å². The number of aromatic nitrogens is 2. The fraction of sp³-hybridized carbons (Fsp3) is 0.550. The highest BCUT2D eigenvalue weighted by Gasteiger charge is 2.27. The summed E-state index contributed by atoms with van der Waals surface area (Å²) >= 11 is 1.52. The molecule has 2 heterocycles. The fourth-order valence-corrected chi connectivity index (χ4v) is 5.96. The van der Waals surface area contributed by atoms with Crippen LogP contribution in [0.2, 0.25) is 0 Å². The minimum absolute atomic E-state index is 0.115. The Morgan fingerprint density at radius 1 is 1.27 bits per heavy atom. The van der Waals surface area contributed by atoms with Crippen molar-refractivity contribution in [2.45, 2.75) is 69.4 Å². The quantitative estimate of drug-likeness (QED) is 0.663. The molecule has 0 unspecified atom stereocenters. The maximum atomic E-state index is 12.5. The molecule has 2 aromatic rings. The van der Waals surface area contributed by atoms with Gasteiger partial charge in [-0.2, -0.15) is 0 Å². The number of amides is 1. The highest BCUT2D eigenvalue weighted by molar-refractivity contribution is 7.89. The van der Waals surface area contributed by atoms with Crippen LogP contribution in [-0.2, 0) is 14.8 Å². The lowest BCUT2D eigenvalue weighted by molar-refractivity contribution is 0.109. The van der Waals surface area contributed by atoms with Crippen molar-refractivity contribution in [3.8, 4) is 10.4 Å². The molecule has 1 fully saturated rings. The summed E-state index contributed by atoms with van der Waals surface area (Å²) in [6.45, 7) is 5.71. The fourth-order valence-electron chi connectivity index (χ4n) is 3.57. The molecular weight excluding hydrogens is 424 g/mol. The van der Waals surface area contributed by atoms with Gasteiger partial charge in [0.1, 0.15) is 4.90 Å². The zero-order chi connectivity index (χ0) is 21.7. The van der Waals surface area contributed by atoms with Crippen molar-refractivity contribution in [3.05, 3.63) is 29.7 Å². The topological polar surface area (TPSA) is 110 Å². The van der Waals surface area contributed by atoms with Crippen LogP contribution >= 0.6 is 11.3 Å². The molecule has 2 aromatic heterocycles. The smallest absolute Gasteiger partial charge is 0.407 e. The monoisotopic (exact) mass is 452 g/mol. The van der Waals surface area contributed by atoms with E-state index in [9.17, 15) is 13.2 Å². The molecule has 3 rings (SSSR count). The Balaban J connectivity index is 1.68. The number of hydrogen-bond donors (Lipinski definition) is 2. The van der Waals surface area contributed by atoms with Crippen molar-refractivity contribution >= 4 is 27.5 Å². The first-order valence-electron chi connectivity index (χ1n) is 10.2. The maximum absolute atomic E-state index is 12.5. The van der Waals surface area contributed by atoms with E-state index in [1.165, 1.54) is 17.5 Å². The van der Waals surface area contributed by atoms with Crippen LogP contribution in [0.25, 0.3) is 10.4 Å². The maximum Gasteiger partial charge on any atom is 0.407 e. The first-order chi connectivity index (χ1) is 14.3. The van der Waals surface area contributed by atoms with Crippen molar-refractivity contribution in [3.63, 3.8) is 0 Å². The van der Waals surface area contributed by atoms with Gasteiger partial charge >= 0.3 is 6.09 Å². The zero-order valence-corrected chi connectivity index (χ0v) is 19.1. The minimum atomic E-state index is -3.62. The summed E-state index contributed by atoms with van der Waals surface area (Å²) in [4.78, 5) is 21.3. The van der Waals surface area contributed by atoms with Crippen LogP contribution in [0, 0.1) is 0 Å². The minimum Gasteiger partial charge on any atom is -0.447 e. The van der Waals surface area contributed by atoms with E-state index < -0.39 is 10.0 Å². The number of thiazole rings is 1. The predicted octanol–water partition coefficient (Wildman–Crippen LogP) is 3.66. The molecule has 30 heavy (non-hydrogen) atoms. The number of nitrogens with zero attached hydrogens (tertiary/aromatic N) is 2. The molecule has 1 aliphatic carbocycles. The van der Waals surface area contributed by atoms with E-state index in [1.807, 2.05) is 13.8 Å². The predicted molar refractivity (Wildman–Crippen MR) is 116 cm³/mol. The second-order valence-corrected chi connectivity index (χ2v) is 10.4. The molecule has 8 nitrogen and oxygen atoms in total. The third-order valence-corrected chi connectivity index (χ3v) is 7.70. The van der Waals surface area contributed by atoms with Crippen molar-refractivity contribution in [1.29, 1.82) is 0 Å². The lowest BCUT2D eigenvalue weighted by Crippen LogP contribution is -2.38. The molecule has 10 heteroatoms. The average molecular weight is 453 g/mol. The molecule has 2 N–H and O–H groups in total. The van der Waals surface area contributed by atoms with Crippen LogP contribution < -0.4 is 10.0 Å². The van der Waals surface area contributed by atoms with Gasteiger partial charge in [0.25, 0.3) is 0 Å². The molecule has 0 aliphatic heterocycles. The van der Waals surface area contributed by atoms with E-state index in [4.69, 9.17) is 4.74 Å². The van der Waals surface area contributed by atoms with Gasteiger partial charge in [-0.05, 0) is 45.6 Å². The lowest BCUT2D eigenvalue weighted by atomic mass is 9.86. The summed E-state index contributed by atoms with van der Waals surface area (Å²) in [5.41, 5.74) is 0.612. The largest absolute Gasteiger partial charge is 0.447 e. The van der Waals surface area contributed by atoms with Gasteiger partial charge in [0, 0.05) is 42.7 Å². The first kappa shape index (κ1) is 22.6. The van der Waals surface area contributed by atoms with Crippen molar-refractivity contribution in [2.75, 3.05) is 6.54 Å². The van der Waals surface area contributed by atoms with Gasteiger partial charge in [0.15, 0.2) is 0 Å². The molecule has 1 saturated carbocycles. The highest BCUT2D eigenvalue weighted by atomic mass is 32.2. The van der Waals surface area contributed by atoms with Gasteiger partial charge in [-0.1, -0.05) is 6.92 Å². The van der Waals surface area contributed by atoms with Crippen LogP contribution in [-0.4, -0.2) is 43.2 Å². The van der Waals surface area contributed by atoms with E-state index in [0.717, 1.165) is 35.6 Å². The number of hydrogen-bond acceptors (Lipinski definition) is 7. The summed E-state index contributed by atoms with van der Waals surface area (Å²) in [7, 11) is -3.62. The molecule has 1 amide bonds. The Morgan fingerprint density at radius 3 is 2.67 bits per heavy atom. The lowest BCUT2D eigenvalue weighted by Gasteiger charge is -2.28. The summed E-state index contributed by atoms with van der Waals surface area (Å²) < 4.78 is 32.7. The molecule has 0 atom stereocenters. The molecule has 0 saturated heterocycles. The molecular formula is C20H28N4O4S2. The molecule has 0 aromatic carbocycles. The SMILES string of the molecule is CCNS(=O)(=O)c1cnccc1-c1cnc(C2CCC(NC(=O)OC(C)C)CC2)s1. The molecule has 0 radical (unpaired) electrons. The van der Waals surface area contributed by atoms with Crippen LogP contribution in [0.1, 0.15) is 57.4 Å². The van der Waals surface area contributed by atoms with Crippen LogP contribution in [0.15, 0.2) is 29.6 Å². The number of nitrogens with one attached hydrogen (secondary N) is 2. The number of alkyl carbamates (subject to hydrolysis) is 1. The van der Waals surface area contributed by atoms with E-state index in [2.05, 4.69) is 20.0 Å². The Kier molecular flexibility index (Phi) is 7.43. The Morgan fingerprint density at radius 2 is 2.00 bits per heavy atom. The molecule has 1 aliphatic rings. The first-order valence-corrected chi connectivity index (χ1v) is 12.5. The third-order valence-electron chi connectivity index (χ3n) is 4.94. The normalized spacial score (nSPS) is 19.6. The third kappa shape index (κ3) is 5.55. The second-order valence-electron chi connectivity index (χ2n) is 7.58. The van der Waals surface area contributed by atoms with E-state index in [-0.39, 0.29) is 23.1 Å². The number of rotatable bonds is 7. The molecule has 164 valence electrons. The van der Waals surface area contributed by atoms with E-state index in [1.54, 1.807) is 25.4 Å².